The van der Waals surface area contributed by atoms with Crippen LogP contribution in [0.4, 0.5) is 5.69 Å². The van der Waals surface area contributed by atoms with Crippen molar-refractivity contribution >= 4 is 49.3 Å². The number of para-hydroxylation sites is 1. The molecule has 0 unspecified atom stereocenters. The van der Waals surface area contributed by atoms with Crippen molar-refractivity contribution in [3.63, 3.8) is 0 Å². The van der Waals surface area contributed by atoms with E-state index in [2.05, 4.69) is 34.3 Å². The highest BCUT2D eigenvalue weighted by atomic mass is 32.2. The first-order valence-electron chi connectivity index (χ1n) is 10.8. The van der Waals surface area contributed by atoms with Crippen molar-refractivity contribution in [1.29, 1.82) is 0 Å². The fraction of sp³-hybridized carbons (Fsp3) is 0.200. The van der Waals surface area contributed by atoms with Gasteiger partial charge in [-0.05, 0) is 49.4 Å². The molecule has 3 aromatic carbocycles. The van der Waals surface area contributed by atoms with E-state index in [9.17, 15) is 18.0 Å². The zero-order valence-corrected chi connectivity index (χ0v) is 20.0. The highest BCUT2D eigenvalue weighted by Crippen LogP contribution is 2.30. The number of nitrogens with one attached hydrogen (secondary N) is 2. The van der Waals surface area contributed by atoms with Crippen LogP contribution in [0.25, 0.3) is 21.8 Å². The van der Waals surface area contributed by atoms with Crippen molar-refractivity contribution < 1.29 is 18.0 Å². The van der Waals surface area contributed by atoms with Crippen LogP contribution in [0.5, 0.6) is 0 Å². The van der Waals surface area contributed by atoms with Gasteiger partial charge in [-0.3, -0.25) is 9.59 Å². The second-order valence-corrected chi connectivity index (χ2v) is 10.2. The molecule has 2 amide bonds. The summed E-state index contributed by atoms with van der Waals surface area (Å²) in [5.41, 5.74) is 3.01. The van der Waals surface area contributed by atoms with E-state index < -0.39 is 15.9 Å². The van der Waals surface area contributed by atoms with Crippen molar-refractivity contribution in [2.45, 2.75) is 18.4 Å². The number of fused-ring (bicyclic) bond motifs is 3. The number of amides is 2. The SMILES string of the molecule is CCn1c2ccccc2c2cc(NC(=O)CNC(=O)c3cccc(S(=O)(=O)N(C)C)c3)ccc21. The number of nitrogens with zero attached hydrogens (tertiary/aromatic N) is 2. The summed E-state index contributed by atoms with van der Waals surface area (Å²) in [6.45, 7) is 2.67. The molecule has 0 aliphatic carbocycles. The van der Waals surface area contributed by atoms with Gasteiger partial charge in [-0.15, -0.1) is 0 Å². The summed E-state index contributed by atoms with van der Waals surface area (Å²) in [6, 6.07) is 19.6. The van der Waals surface area contributed by atoms with E-state index in [4.69, 9.17) is 0 Å². The van der Waals surface area contributed by atoms with Gasteiger partial charge >= 0.3 is 0 Å². The predicted octanol–water partition coefficient (Wildman–Crippen LogP) is 3.43. The number of carbonyl (C=O) groups is 2. The first-order chi connectivity index (χ1) is 16.2. The number of sulfonamides is 1. The third-order valence-corrected chi connectivity index (χ3v) is 7.47. The second kappa shape index (κ2) is 9.28. The average Bonchev–Trinajstić information content (AvgIpc) is 3.15. The normalized spacial score (nSPS) is 11.8. The molecule has 1 aromatic heterocycles. The summed E-state index contributed by atoms with van der Waals surface area (Å²) < 4.78 is 27.9. The van der Waals surface area contributed by atoms with Gasteiger partial charge in [0, 0.05) is 53.7 Å². The van der Waals surface area contributed by atoms with Crippen molar-refractivity contribution in [2.24, 2.45) is 0 Å². The van der Waals surface area contributed by atoms with E-state index in [1.54, 1.807) is 0 Å². The number of aryl methyl sites for hydroxylation is 1. The van der Waals surface area contributed by atoms with E-state index in [0.29, 0.717) is 5.69 Å². The molecule has 176 valence electrons. The summed E-state index contributed by atoms with van der Waals surface area (Å²) in [5.74, 6) is -0.920. The average molecular weight is 479 g/mol. The molecule has 1 heterocycles. The maximum atomic E-state index is 12.5. The van der Waals surface area contributed by atoms with Crippen molar-refractivity contribution in [2.75, 3.05) is 26.0 Å². The molecule has 0 spiro atoms. The highest BCUT2D eigenvalue weighted by molar-refractivity contribution is 7.89. The van der Waals surface area contributed by atoms with Gasteiger partial charge in [0.1, 0.15) is 0 Å². The zero-order chi connectivity index (χ0) is 24.5. The lowest BCUT2D eigenvalue weighted by atomic mass is 10.1. The first kappa shape index (κ1) is 23.5. The Morgan fingerprint density at radius 3 is 2.38 bits per heavy atom. The third kappa shape index (κ3) is 4.40. The number of benzene rings is 3. The van der Waals surface area contributed by atoms with Gasteiger partial charge in [0.25, 0.3) is 5.91 Å². The monoisotopic (exact) mass is 478 g/mol. The fourth-order valence-corrected chi connectivity index (χ4v) is 4.90. The van der Waals surface area contributed by atoms with Gasteiger partial charge < -0.3 is 15.2 Å². The van der Waals surface area contributed by atoms with Crippen LogP contribution in [0, 0.1) is 0 Å². The summed E-state index contributed by atoms with van der Waals surface area (Å²) in [6.07, 6.45) is 0. The Bertz CT molecular complexity index is 1510. The molecule has 0 aliphatic rings. The molecule has 0 radical (unpaired) electrons. The minimum Gasteiger partial charge on any atom is -0.343 e. The standard InChI is InChI=1S/C25H26N4O4S/c1-4-29-22-11-6-5-10-20(22)21-15-18(12-13-23(21)29)27-24(30)16-26-25(31)17-8-7-9-19(14-17)34(32,33)28(2)3/h5-15H,4,16H2,1-3H3,(H,26,31)(H,27,30). The molecule has 8 nitrogen and oxygen atoms in total. The van der Waals surface area contributed by atoms with Crippen LogP contribution in [0.3, 0.4) is 0 Å². The van der Waals surface area contributed by atoms with Gasteiger partial charge in [0.15, 0.2) is 0 Å². The van der Waals surface area contributed by atoms with Crippen LogP contribution in [-0.4, -0.2) is 49.7 Å². The van der Waals surface area contributed by atoms with Crippen molar-refractivity contribution in [3.8, 4) is 0 Å². The smallest absolute Gasteiger partial charge is 0.251 e. The van der Waals surface area contributed by atoms with Crippen LogP contribution in [0.1, 0.15) is 17.3 Å². The molecule has 0 saturated carbocycles. The number of hydrogen-bond donors (Lipinski definition) is 2. The second-order valence-electron chi connectivity index (χ2n) is 8.04. The fourth-order valence-electron chi connectivity index (χ4n) is 3.95. The maximum absolute atomic E-state index is 12.5. The molecule has 0 atom stereocenters. The number of rotatable bonds is 7. The largest absolute Gasteiger partial charge is 0.343 e. The number of carbonyl (C=O) groups excluding carboxylic acids is 2. The lowest BCUT2D eigenvalue weighted by Crippen LogP contribution is -2.33. The van der Waals surface area contributed by atoms with Crippen molar-refractivity contribution in [1.82, 2.24) is 14.2 Å². The minimum atomic E-state index is -3.67. The lowest BCUT2D eigenvalue weighted by molar-refractivity contribution is -0.115. The Morgan fingerprint density at radius 1 is 0.912 bits per heavy atom. The Labute approximate surface area is 198 Å². The number of hydrogen-bond acceptors (Lipinski definition) is 4. The van der Waals surface area contributed by atoms with Crippen LogP contribution in [-0.2, 0) is 21.4 Å². The summed E-state index contributed by atoms with van der Waals surface area (Å²) >= 11 is 0. The van der Waals surface area contributed by atoms with Crippen molar-refractivity contribution in [3.05, 3.63) is 72.3 Å². The van der Waals surface area contributed by atoms with E-state index >= 15 is 0 Å². The van der Waals surface area contributed by atoms with Gasteiger partial charge in [-0.2, -0.15) is 0 Å². The molecule has 2 N–H and O–H groups in total. The van der Waals surface area contributed by atoms with Crippen LogP contribution in [0.15, 0.2) is 71.6 Å². The van der Waals surface area contributed by atoms with E-state index in [-0.39, 0.29) is 22.9 Å². The van der Waals surface area contributed by atoms with Gasteiger partial charge in [-0.25, -0.2) is 12.7 Å². The molecule has 4 rings (SSSR count). The van der Waals surface area contributed by atoms with Crippen LogP contribution < -0.4 is 10.6 Å². The predicted molar refractivity (Wildman–Crippen MR) is 133 cm³/mol. The van der Waals surface area contributed by atoms with Gasteiger partial charge in [0.2, 0.25) is 15.9 Å². The number of aromatic nitrogens is 1. The Morgan fingerprint density at radius 2 is 1.65 bits per heavy atom. The zero-order valence-electron chi connectivity index (χ0n) is 19.2. The van der Waals surface area contributed by atoms with Crippen LogP contribution >= 0.6 is 0 Å². The molecular formula is C25H26N4O4S. The molecule has 0 fully saturated rings. The molecule has 34 heavy (non-hydrogen) atoms. The van der Waals surface area contributed by atoms with E-state index in [1.165, 1.54) is 38.4 Å². The molecule has 0 aliphatic heterocycles. The van der Waals surface area contributed by atoms with Gasteiger partial charge in [-0.1, -0.05) is 24.3 Å². The Kier molecular flexibility index (Phi) is 6.41. The number of anilines is 1. The quantitative estimate of drug-likeness (QED) is 0.425. The lowest BCUT2D eigenvalue weighted by Gasteiger charge is -2.12. The maximum Gasteiger partial charge on any atom is 0.251 e. The van der Waals surface area contributed by atoms with Crippen LogP contribution in [0.2, 0.25) is 0 Å². The minimum absolute atomic E-state index is 0.00847. The Hall–Kier alpha value is -3.69. The molecule has 4 aromatic rings. The third-order valence-electron chi connectivity index (χ3n) is 5.66. The molecule has 9 heteroatoms. The Balaban J connectivity index is 1.46. The van der Waals surface area contributed by atoms with Gasteiger partial charge in [0.05, 0.1) is 11.4 Å². The summed E-state index contributed by atoms with van der Waals surface area (Å²) in [5, 5.41) is 7.51. The topological polar surface area (TPSA) is 101 Å². The highest BCUT2D eigenvalue weighted by Gasteiger charge is 2.19. The summed E-state index contributed by atoms with van der Waals surface area (Å²) in [7, 11) is -0.826. The van der Waals surface area contributed by atoms with E-state index in [1.807, 2.05) is 30.3 Å². The molecule has 0 bridgehead atoms. The molecule has 0 saturated heterocycles. The first-order valence-corrected chi connectivity index (χ1v) is 12.3. The van der Waals surface area contributed by atoms with E-state index in [0.717, 1.165) is 32.7 Å². The molecular weight excluding hydrogens is 452 g/mol. The summed E-state index contributed by atoms with van der Waals surface area (Å²) in [4.78, 5) is 25.0.